The Bertz CT molecular complexity index is 796. The van der Waals surface area contributed by atoms with E-state index in [1.807, 2.05) is 0 Å². The second-order valence-electron chi connectivity index (χ2n) is 4.95. The Labute approximate surface area is 148 Å². The van der Waals surface area contributed by atoms with Crippen LogP contribution in [0.15, 0.2) is 36.4 Å². The van der Waals surface area contributed by atoms with E-state index < -0.39 is 11.9 Å². The summed E-state index contributed by atoms with van der Waals surface area (Å²) in [7, 11) is 0. The molecule has 126 valence electrons. The number of nitrogens with one attached hydrogen (secondary N) is 1. The maximum atomic E-state index is 11.3. The molecule has 0 radical (unpaired) electrons. The summed E-state index contributed by atoms with van der Waals surface area (Å²) >= 11 is 12.4. The van der Waals surface area contributed by atoms with Gasteiger partial charge in [0.15, 0.2) is 0 Å². The maximum Gasteiger partial charge on any atom is 0.337 e. The third-order valence-electron chi connectivity index (χ3n) is 3.27. The first-order valence-electron chi connectivity index (χ1n) is 6.84. The highest BCUT2D eigenvalue weighted by molar-refractivity contribution is 6.39. The number of anilines is 2. The van der Waals surface area contributed by atoms with Crippen molar-refractivity contribution in [3.8, 4) is 0 Å². The first-order chi connectivity index (χ1) is 11.3. The summed E-state index contributed by atoms with van der Waals surface area (Å²) < 4.78 is 0. The number of amides is 1. The molecule has 6 nitrogen and oxygen atoms in total. The number of hydrogen-bond donors (Lipinski definition) is 3. The molecule has 0 fully saturated rings. The van der Waals surface area contributed by atoms with Crippen LogP contribution in [0.25, 0.3) is 0 Å². The fourth-order valence-electron chi connectivity index (χ4n) is 2.02. The van der Waals surface area contributed by atoms with E-state index in [0.717, 1.165) is 0 Å². The van der Waals surface area contributed by atoms with Gasteiger partial charge in [0.2, 0.25) is 5.91 Å². The lowest BCUT2D eigenvalue weighted by Gasteiger charge is -2.18. The van der Waals surface area contributed by atoms with Gasteiger partial charge >= 0.3 is 5.97 Å². The minimum absolute atomic E-state index is 0.0579. The Kier molecular flexibility index (Phi) is 5.66. The van der Waals surface area contributed by atoms with Gasteiger partial charge in [0.1, 0.15) is 0 Å². The molecule has 0 spiro atoms. The van der Waals surface area contributed by atoms with Crippen LogP contribution >= 0.6 is 23.2 Å². The maximum absolute atomic E-state index is 11.3. The lowest BCUT2D eigenvalue weighted by molar-refractivity contribution is -0.165. The topological polar surface area (TPSA) is 89.9 Å². The Morgan fingerprint density at radius 3 is 2.46 bits per heavy atom. The standard InChI is InChI=1S/C16H14Cl2N2O4/c1-9(21)20(24)8-10-6-7-12(17)15(14(10)18)19-13-5-3-2-4-11(13)16(22)23/h2-7,19,24H,8H2,1H3,(H,22,23). The van der Waals surface area contributed by atoms with Crippen LogP contribution in [0.2, 0.25) is 10.0 Å². The quantitative estimate of drug-likeness (QED) is 0.544. The minimum atomic E-state index is -1.10. The molecule has 8 heteroatoms. The predicted octanol–water partition coefficient (Wildman–Crippen LogP) is 4.17. The first kappa shape index (κ1) is 18.1. The molecule has 0 aliphatic carbocycles. The molecule has 1 amide bonds. The van der Waals surface area contributed by atoms with E-state index >= 15 is 0 Å². The Morgan fingerprint density at radius 1 is 1.17 bits per heavy atom. The van der Waals surface area contributed by atoms with Crippen molar-refractivity contribution in [2.75, 3.05) is 5.32 Å². The molecule has 24 heavy (non-hydrogen) atoms. The number of carboxylic acid groups (broad SMARTS) is 1. The Morgan fingerprint density at radius 2 is 1.83 bits per heavy atom. The van der Waals surface area contributed by atoms with Gasteiger partial charge in [0.25, 0.3) is 0 Å². The monoisotopic (exact) mass is 368 g/mol. The van der Waals surface area contributed by atoms with Gasteiger partial charge in [0.05, 0.1) is 33.5 Å². The van der Waals surface area contributed by atoms with Crippen LogP contribution in [-0.2, 0) is 11.3 Å². The van der Waals surface area contributed by atoms with E-state index in [0.29, 0.717) is 22.0 Å². The van der Waals surface area contributed by atoms with Gasteiger partial charge in [0, 0.05) is 6.92 Å². The molecule has 2 aromatic carbocycles. The summed E-state index contributed by atoms with van der Waals surface area (Å²) in [6, 6.07) is 9.42. The summed E-state index contributed by atoms with van der Waals surface area (Å²) in [6.07, 6.45) is 0. The Hall–Kier alpha value is -2.28. The third kappa shape index (κ3) is 3.97. The summed E-state index contributed by atoms with van der Waals surface area (Å²) in [4.78, 5) is 22.4. The number of halogens is 2. The van der Waals surface area contributed by atoms with Crippen molar-refractivity contribution >= 4 is 46.5 Å². The second kappa shape index (κ2) is 7.53. The number of benzene rings is 2. The van der Waals surface area contributed by atoms with Crippen molar-refractivity contribution in [1.82, 2.24) is 5.06 Å². The average Bonchev–Trinajstić information content (AvgIpc) is 2.54. The van der Waals surface area contributed by atoms with Crippen molar-refractivity contribution < 1.29 is 19.9 Å². The van der Waals surface area contributed by atoms with Crippen molar-refractivity contribution in [3.05, 3.63) is 57.6 Å². The molecule has 0 saturated heterocycles. The van der Waals surface area contributed by atoms with Crippen molar-refractivity contribution in [3.63, 3.8) is 0 Å². The van der Waals surface area contributed by atoms with Gasteiger partial charge in [-0.1, -0.05) is 41.4 Å². The first-order valence-corrected chi connectivity index (χ1v) is 7.60. The van der Waals surface area contributed by atoms with Crippen molar-refractivity contribution in [2.45, 2.75) is 13.5 Å². The molecular weight excluding hydrogens is 355 g/mol. The van der Waals surface area contributed by atoms with E-state index in [1.165, 1.54) is 13.0 Å². The summed E-state index contributed by atoms with van der Waals surface area (Å²) in [6.45, 7) is 1.09. The average molecular weight is 369 g/mol. The van der Waals surface area contributed by atoms with Crippen molar-refractivity contribution in [2.24, 2.45) is 0 Å². The molecule has 0 saturated carbocycles. The van der Waals surface area contributed by atoms with Crippen molar-refractivity contribution in [1.29, 1.82) is 0 Å². The molecule has 3 N–H and O–H groups in total. The number of rotatable bonds is 5. The second-order valence-corrected chi connectivity index (χ2v) is 5.73. The van der Waals surface area contributed by atoms with E-state index in [-0.39, 0.29) is 22.2 Å². The molecule has 0 unspecified atom stereocenters. The molecule has 2 rings (SSSR count). The molecule has 0 aromatic heterocycles. The molecule has 0 heterocycles. The van der Waals surface area contributed by atoms with Crippen LogP contribution in [0, 0.1) is 0 Å². The largest absolute Gasteiger partial charge is 0.478 e. The smallest absolute Gasteiger partial charge is 0.337 e. The number of carboxylic acids is 1. The van der Waals surface area contributed by atoms with Gasteiger partial charge in [-0.2, -0.15) is 0 Å². The number of nitrogens with zero attached hydrogens (tertiary/aromatic N) is 1. The van der Waals surface area contributed by atoms with Gasteiger partial charge in [-0.15, -0.1) is 0 Å². The van der Waals surface area contributed by atoms with Gasteiger partial charge in [-0.25, -0.2) is 9.86 Å². The van der Waals surface area contributed by atoms with E-state index in [2.05, 4.69) is 5.32 Å². The fraction of sp³-hybridized carbons (Fsp3) is 0.125. The van der Waals surface area contributed by atoms with Crippen LogP contribution in [-0.4, -0.2) is 27.3 Å². The fourth-order valence-corrected chi connectivity index (χ4v) is 2.54. The number of hydrogen-bond acceptors (Lipinski definition) is 4. The van der Waals surface area contributed by atoms with Crippen LogP contribution in [0.5, 0.6) is 0 Å². The lowest BCUT2D eigenvalue weighted by atomic mass is 10.1. The normalized spacial score (nSPS) is 10.3. The van der Waals surface area contributed by atoms with Gasteiger partial charge in [-0.05, 0) is 23.8 Å². The predicted molar refractivity (Wildman–Crippen MR) is 91.2 cm³/mol. The molecule has 0 atom stereocenters. The summed E-state index contributed by atoms with van der Waals surface area (Å²) in [5.74, 6) is -1.63. The SMILES string of the molecule is CC(=O)N(O)Cc1ccc(Cl)c(Nc2ccccc2C(=O)O)c1Cl. The number of carbonyl (C=O) groups excluding carboxylic acids is 1. The zero-order valence-electron chi connectivity index (χ0n) is 12.6. The third-order valence-corrected chi connectivity index (χ3v) is 4.02. The molecule has 2 aromatic rings. The molecule has 0 bridgehead atoms. The minimum Gasteiger partial charge on any atom is -0.478 e. The van der Waals surface area contributed by atoms with Crippen LogP contribution in [0.3, 0.4) is 0 Å². The van der Waals surface area contributed by atoms with Crippen LogP contribution in [0.1, 0.15) is 22.8 Å². The van der Waals surface area contributed by atoms with E-state index in [1.54, 1.807) is 30.3 Å². The lowest BCUT2D eigenvalue weighted by Crippen LogP contribution is -2.24. The van der Waals surface area contributed by atoms with Crippen LogP contribution < -0.4 is 5.32 Å². The van der Waals surface area contributed by atoms with E-state index in [9.17, 15) is 19.9 Å². The van der Waals surface area contributed by atoms with Gasteiger partial charge < -0.3 is 10.4 Å². The zero-order valence-corrected chi connectivity index (χ0v) is 14.1. The number of carbonyl (C=O) groups is 2. The highest BCUT2D eigenvalue weighted by Gasteiger charge is 2.16. The molecular formula is C16H14Cl2N2O4. The van der Waals surface area contributed by atoms with E-state index in [4.69, 9.17) is 23.2 Å². The molecule has 0 aliphatic heterocycles. The highest BCUT2D eigenvalue weighted by Crippen LogP contribution is 2.36. The Balaban J connectivity index is 2.41. The number of hydroxylamine groups is 2. The summed E-state index contributed by atoms with van der Waals surface area (Å²) in [5.41, 5.74) is 1.12. The molecule has 0 aliphatic rings. The zero-order chi connectivity index (χ0) is 17.9. The summed E-state index contributed by atoms with van der Waals surface area (Å²) in [5, 5.41) is 22.7. The van der Waals surface area contributed by atoms with Gasteiger partial charge in [-0.3, -0.25) is 10.0 Å². The number of aromatic carboxylic acids is 1. The van der Waals surface area contributed by atoms with Crippen LogP contribution in [0.4, 0.5) is 11.4 Å². The highest BCUT2D eigenvalue weighted by atomic mass is 35.5. The number of para-hydroxylation sites is 1.